The van der Waals surface area contributed by atoms with Crippen molar-refractivity contribution in [3.05, 3.63) is 34.1 Å². The third-order valence-electron chi connectivity index (χ3n) is 1.44. The van der Waals surface area contributed by atoms with Gasteiger partial charge in [0.15, 0.2) is 0 Å². The van der Waals surface area contributed by atoms with Gasteiger partial charge in [0.1, 0.15) is 6.10 Å². The summed E-state index contributed by atoms with van der Waals surface area (Å²) >= 11 is 1.33. The number of rotatable bonds is 5. The zero-order valence-corrected chi connectivity index (χ0v) is 8.37. The Bertz CT molecular complexity index is 254. The van der Waals surface area contributed by atoms with E-state index in [4.69, 9.17) is 9.47 Å². The monoisotopic (exact) mass is 217 g/mol. The summed E-state index contributed by atoms with van der Waals surface area (Å²) in [5.74, 6) is 0.691. The number of thioether (sulfide) groups is 1. The number of ether oxygens (including phenoxy) is 2. The highest BCUT2D eigenvalue weighted by Gasteiger charge is 2.23. The summed E-state index contributed by atoms with van der Waals surface area (Å²) in [5.41, 5.74) is 0. The molecule has 0 N–H and O–H groups in total. The number of hydrogen-bond donors (Lipinski definition) is 0. The summed E-state index contributed by atoms with van der Waals surface area (Å²) in [4.78, 5) is 9.60. The van der Waals surface area contributed by atoms with Crippen molar-refractivity contribution in [2.75, 3.05) is 19.0 Å². The van der Waals surface area contributed by atoms with Crippen molar-refractivity contribution in [2.24, 2.45) is 0 Å². The van der Waals surface area contributed by atoms with Gasteiger partial charge in [-0.1, -0.05) is 17.8 Å². The first-order valence-electron chi connectivity index (χ1n) is 4.05. The van der Waals surface area contributed by atoms with Crippen LogP contribution in [0.1, 0.15) is 0 Å². The summed E-state index contributed by atoms with van der Waals surface area (Å²) in [6.07, 6.45) is 2.43. The highest BCUT2D eigenvalue weighted by molar-refractivity contribution is 8.03. The number of nitro groups is 1. The normalized spacial score (nSPS) is 23.4. The Morgan fingerprint density at radius 2 is 2.64 bits per heavy atom. The van der Waals surface area contributed by atoms with Crippen LogP contribution in [-0.2, 0) is 9.47 Å². The van der Waals surface area contributed by atoms with Crippen molar-refractivity contribution >= 4 is 11.8 Å². The molecule has 0 radical (unpaired) electrons. The molecule has 1 fully saturated rings. The van der Waals surface area contributed by atoms with Crippen LogP contribution in [0.5, 0.6) is 0 Å². The van der Waals surface area contributed by atoms with E-state index in [0.717, 1.165) is 6.20 Å². The fourth-order valence-electron chi connectivity index (χ4n) is 0.926. The quantitative estimate of drug-likeness (QED) is 0.301. The maximum absolute atomic E-state index is 10.1. The first kappa shape index (κ1) is 11.1. The van der Waals surface area contributed by atoms with E-state index in [0.29, 0.717) is 24.1 Å². The lowest BCUT2D eigenvalue weighted by Crippen LogP contribution is -2.16. The summed E-state index contributed by atoms with van der Waals surface area (Å²) < 4.78 is 10.4. The SMILES string of the molecule is C=CCOCC1CS/C(=C\[N+](=O)[O-])O1. The first-order valence-corrected chi connectivity index (χ1v) is 5.04. The van der Waals surface area contributed by atoms with Gasteiger partial charge in [-0.3, -0.25) is 10.1 Å². The molecule has 0 saturated carbocycles. The fourth-order valence-corrected chi connectivity index (χ4v) is 1.81. The number of nitrogens with zero attached hydrogens (tertiary/aromatic N) is 1. The van der Waals surface area contributed by atoms with E-state index in [1.165, 1.54) is 11.8 Å². The van der Waals surface area contributed by atoms with E-state index in [9.17, 15) is 10.1 Å². The minimum Gasteiger partial charge on any atom is -0.475 e. The van der Waals surface area contributed by atoms with Gasteiger partial charge >= 0.3 is 0 Å². The van der Waals surface area contributed by atoms with Crippen molar-refractivity contribution < 1.29 is 14.4 Å². The Morgan fingerprint density at radius 3 is 3.29 bits per heavy atom. The van der Waals surface area contributed by atoms with E-state index < -0.39 is 4.92 Å². The summed E-state index contributed by atoms with van der Waals surface area (Å²) in [7, 11) is 0. The average molecular weight is 217 g/mol. The fraction of sp³-hybridized carbons (Fsp3) is 0.500. The van der Waals surface area contributed by atoms with Gasteiger partial charge in [0.25, 0.3) is 6.20 Å². The second-order valence-electron chi connectivity index (χ2n) is 2.61. The molecule has 5 nitrogen and oxygen atoms in total. The van der Waals surface area contributed by atoms with Gasteiger partial charge < -0.3 is 9.47 Å². The van der Waals surface area contributed by atoms with E-state index in [-0.39, 0.29) is 6.10 Å². The van der Waals surface area contributed by atoms with Gasteiger partial charge in [0.05, 0.1) is 18.1 Å². The van der Waals surface area contributed by atoms with Gasteiger partial charge in [0, 0.05) is 5.75 Å². The van der Waals surface area contributed by atoms with Crippen molar-refractivity contribution in [3.63, 3.8) is 0 Å². The lowest BCUT2D eigenvalue weighted by atomic mass is 10.4. The van der Waals surface area contributed by atoms with Crippen molar-refractivity contribution in [1.29, 1.82) is 0 Å². The van der Waals surface area contributed by atoms with Gasteiger partial charge in [0.2, 0.25) is 5.09 Å². The Morgan fingerprint density at radius 1 is 1.86 bits per heavy atom. The van der Waals surface area contributed by atoms with Crippen LogP contribution in [0.15, 0.2) is 23.9 Å². The molecule has 1 rings (SSSR count). The molecule has 1 heterocycles. The second-order valence-corrected chi connectivity index (χ2v) is 3.63. The molecule has 6 heteroatoms. The zero-order valence-electron chi connectivity index (χ0n) is 7.55. The zero-order chi connectivity index (χ0) is 10.4. The van der Waals surface area contributed by atoms with Gasteiger partial charge in [-0.25, -0.2) is 0 Å². The maximum Gasteiger partial charge on any atom is 0.282 e. The van der Waals surface area contributed by atoms with Crippen molar-refractivity contribution in [1.82, 2.24) is 0 Å². The Labute approximate surface area is 85.9 Å². The van der Waals surface area contributed by atoms with Crippen LogP contribution >= 0.6 is 11.8 Å². The molecule has 1 saturated heterocycles. The lowest BCUT2D eigenvalue weighted by Gasteiger charge is -2.07. The van der Waals surface area contributed by atoms with Crippen molar-refractivity contribution in [2.45, 2.75) is 6.10 Å². The lowest BCUT2D eigenvalue weighted by molar-refractivity contribution is -0.404. The van der Waals surface area contributed by atoms with Crippen molar-refractivity contribution in [3.8, 4) is 0 Å². The second kappa shape index (κ2) is 5.66. The number of hydrogen-bond acceptors (Lipinski definition) is 5. The van der Waals surface area contributed by atoms with E-state index in [1.54, 1.807) is 6.08 Å². The molecule has 0 aliphatic carbocycles. The van der Waals surface area contributed by atoms with Crippen LogP contribution in [0.2, 0.25) is 0 Å². The molecule has 0 aromatic heterocycles. The third kappa shape index (κ3) is 3.80. The largest absolute Gasteiger partial charge is 0.475 e. The molecule has 1 atom stereocenters. The Kier molecular flexibility index (Phi) is 4.48. The molecule has 1 unspecified atom stereocenters. The molecular weight excluding hydrogens is 206 g/mol. The molecule has 0 bridgehead atoms. The summed E-state index contributed by atoms with van der Waals surface area (Å²) in [6, 6.07) is 0. The molecule has 78 valence electrons. The van der Waals surface area contributed by atoms with Gasteiger partial charge in [-0.05, 0) is 0 Å². The van der Waals surface area contributed by atoms with Crippen LogP contribution in [0, 0.1) is 10.1 Å². The highest BCUT2D eigenvalue weighted by Crippen LogP contribution is 2.28. The van der Waals surface area contributed by atoms with Crippen LogP contribution in [-0.4, -0.2) is 30.0 Å². The molecule has 14 heavy (non-hydrogen) atoms. The predicted molar refractivity (Wildman–Crippen MR) is 53.4 cm³/mol. The topological polar surface area (TPSA) is 61.6 Å². The van der Waals surface area contributed by atoms with Crippen LogP contribution in [0.4, 0.5) is 0 Å². The molecule has 0 aromatic rings. The van der Waals surface area contributed by atoms with Gasteiger partial charge in [-0.15, -0.1) is 6.58 Å². The molecular formula is C8H11NO4S. The molecule has 1 aliphatic rings. The van der Waals surface area contributed by atoms with E-state index >= 15 is 0 Å². The third-order valence-corrected chi connectivity index (χ3v) is 2.47. The standard InChI is InChI=1S/C8H11NO4S/c1-2-3-12-5-7-6-14-8(13-7)4-9(10)11/h2,4,7H,1,3,5-6H2/b8-4-. The molecule has 1 aliphatic heterocycles. The highest BCUT2D eigenvalue weighted by atomic mass is 32.2. The Hall–Kier alpha value is -1.01. The van der Waals surface area contributed by atoms with E-state index in [1.807, 2.05) is 0 Å². The van der Waals surface area contributed by atoms with Crippen LogP contribution in [0.3, 0.4) is 0 Å². The van der Waals surface area contributed by atoms with Crippen LogP contribution < -0.4 is 0 Å². The predicted octanol–water partition coefficient (Wildman–Crippen LogP) is 1.40. The summed E-state index contributed by atoms with van der Waals surface area (Å²) in [5, 5.41) is 10.5. The molecule has 0 spiro atoms. The van der Waals surface area contributed by atoms with Crippen LogP contribution in [0.25, 0.3) is 0 Å². The maximum atomic E-state index is 10.1. The smallest absolute Gasteiger partial charge is 0.282 e. The molecule has 0 aromatic carbocycles. The minimum atomic E-state index is -0.519. The molecule has 0 amide bonds. The average Bonchev–Trinajstić information content (AvgIpc) is 2.52. The van der Waals surface area contributed by atoms with Gasteiger partial charge in [-0.2, -0.15) is 0 Å². The summed E-state index contributed by atoms with van der Waals surface area (Å²) in [6.45, 7) is 4.42. The Balaban J connectivity index is 2.27. The minimum absolute atomic E-state index is 0.0915. The first-order chi connectivity index (χ1) is 6.72. The van der Waals surface area contributed by atoms with E-state index in [2.05, 4.69) is 6.58 Å².